The van der Waals surface area contributed by atoms with Crippen LogP contribution in [-0.4, -0.2) is 28.4 Å². The van der Waals surface area contributed by atoms with E-state index < -0.39 is 9.05 Å². The number of halogens is 1. The summed E-state index contributed by atoms with van der Waals surface area (Å²) in [6.45, 7) is 1.31. The van der Waals surface area contributed by atoms with Gasteiger partial charge in [-0.1, -0.05) is 0 Å². The number of hydrogen-bond acceptors (Lipinski definition) is 5. The monoisotopic (exact) mass is 278 g/mol. The fourth-order valence-corrected chi connectivity index (χ4v) is 2.33. The highest BCUT2D eigenvalue weighted by Crippen LogP contribution is 2.37. The Morgan fingerprint density at radius 1 is 1.24 bits per heavy atom. The maximum absolute atomic E-state index is 11.4. The molecule has 17 heavy (non-hydrogen) atoms. The third kappa shape index (κ3) is 2.89. The van der Waals surface area contributed by atoms with Gasteiger partial charge in [0.05, 0.1) is 14.2 Å². The minimum absolute atomic E-state index is 0.0208. The van der Waals surface area contributed by atoms with E-state index in [1.807, 2.05) is 0 Å². The van der Waals surface area contributed by atoms with Crippen LogP contribution in [-0.2, 0) is 9.05 Å². The van der Waals surface area contributed by atoms with Crippen molar-refractivity contribution in [3.63, 3.8) is 0 Å². The minimum Gasteiger partial charge on any atom is -0.493 e. The van der Waals surface area contributed by atoms with Gasteiger partial charge in [-0.25, -0.2) is 8.42 Å². The smallest absolute Gasteiger partial charge is 0.265 e. The van der Waals surface area contributed by atoms with E-state index in [0.29, 0.717) is 0 Å². The van der Waals surface area contributed by atoms with Crippen molar-refractivity contribution in [2.45, 2.75) is 11.8 Å². The standard InChI is InChI=1S/C10H11ClO5S/c1-6(12)7-4-8(15-2)10(16-3)9(5-7)17(11,13)14/h4-5H,1-3H3. The summed E-state index contributed by atoms with van der Waals surface area (Å²) in [7, 11) is 3.88. The molecule has 0 bridgehead atoms. The summed E-state index contributed by atoms with van der Waals surface area (Å²) in [6.07, 6.45) is 0. The van der Waals surface area contributed by atoms with Crippen LogP contribution in [0.25, 0.3) is 0 Å². The molecule has 0 aliphatic carbocycles. The summed E-state index contributed by atoms with van der Waals surface area (Å²) in [5, 5.41) is 0. The van der Waals surface area contributed by atoms with Gasteiger partial charge in [0.25, 0.3) is 9.05 Å². The highest BCUT2D eigenvalue weighted by molar-refractivity contribution is 8.13. The number of carbonyl (C=O) groups is 1. The number of ether oxygens (including phenoxy) is 2. The van der Waals surface area contributed by atoms with E-state index in [9.17, 15) is 13.2 Å². The lowest BCUT2D eigenvalue weighted by atomic mass is 10.1. The zero-order chi connectivity index (χ0) is 13.2. The summed E-state index contributed by atoms with van der Waals surface area (Å²) in [5.74, 6) is -0.181. The molecule has 1 aromatic rings. The Labute approximate surface area is 104 Å². The average Bonchev–Trinajstić information content (AvgIpc) is 2.25. The van der Waals surface area contributed by atoms with E-state index in [1.54, 1.807) is 0 Å². The van der Waals surface area contributed by atoms with Gasteiger partial charge in [-0.05, 0) is 19.1 Å². The van der Waals surface area contributed by atoms with E-state index in [1.165, 1.54) is 27.2 Å². The van der Waals surface area contributed by atoms with Crippen LogP contribution in [0, 0.1) is 0 Å². The predicted molar refractivity (Wildman–Crippen MR) is 62.6 cm³/mol. The van der Waals surface area contributed by atoms with Crippen LogP contribution < -0.4 is 9.47 Å². The minimum atomic E-state index is -4.02. The Morgan fingerprint density at radius 3 is 2.18 bits per heavy atom. The van der Waals surface area contributed by atoms with E-state index in [0.717, 1.165) is 6.07 Å². The number of benzene rings is 1. The van der Waals surface area contributed by atoms with E-state index in [2.05, 4.69) is 0 Å². The van der Waals surface area contributed by atoms with Crippen molar-refractivity contribution in [1.82, 2.24) is 0 Å². The summed E-state index contributed by atoms with van der Waals surface area (Å²) in [5.41, 5.74) is 0.182. The molecule has 0 aliphatic heterocycles. The number of ketones is 1. The summed E-state index contributed by atoms with van der Waals surface area (Å²) >= 11 is 0. The van der Waals surface area contributed by atoms with Gasteiger partial charge >= 0.3 is 0 Å². The first kappa shape index (κ1) is 13.8. The van der Waals surface area contributed by atoms with Gasteiger partial charge in [0.2, 0.25) is 0 Å². The number of hydrogen-bond donors (Lipinski definition) is 0. The number of carbonyl (C=O) groups excluding carboxylic acids is 1. The van der Waals surface area contributed by atoms with Gasteiger partial charge in [-0.15, -0.1) is 0 Å². The normalized spacial score (nSPS) is 11.1. The molecule has 1 aromatic carbocycles. The molecule has 94 valence electrons. The van der Waals surface area contributed by atoms with Crippen LogP contribution in [0.3, 0.4) is 0 Å². The molecule has 0 atom stereocenters. The Bertz CT molecular complexity index is 550. The van der Waals surface area contributed by atoms with Crippen molar-refractivity contribution < 1.29 is 22.7 Å². The van der Waals surface area contributed by atoms with Gasteiger partial charge in [-0.3, -0.25) is 4.79 Å². The van der Waals surface area contributed by atoms with Gasteiger partial charge in [0.15, 0.2) is 17.3 Å². The summed E-state index contributed by atoms with van der Waals surface area (Å²) in [6, 6.07) is 2.55. The zero-order valence-corrected chi connectivity index (χ0v) is 11.1. The molecule has 0 fully saturated rings. The fourth-order valence-electron chi connectivity index (χ4n) is 1.31. The molecule has 5 nitrogen and oxygen atoms in total. The second kappa shape index (κ2) is 4.93. The molecule has 0 saturated heterocycles. The number of Topliss-reactive ketones (excluding diaryl/α,β-unsaturated/α-hetero) is 1. The van der Waals surface area contributed by atoms with Crippen molar-refractivity contribution in [1.29, 1.82) is 0 Å². The molecule has 0 aliphatic rings. The predicted octanol–water partition coefficient (Wildman–Crippen LogP) is 1.83. The second-order valence-electron chi connectivity index (χ2n) is 3.20. The summed E-state index contributed by atoms with van der Waals surface area (Å²) in [4.78, 5) is 11.0. The van der Waals surface area contributed by atoms with Crippen LogP contribution in [0.1, 0.15) is 17.3 Å². The Morgan fingerprint density at radius 2 is 1.82 bits per heavy atom. The van der Waals surface area contributed by atoms with Crippen molar-refractivity contribution in [3.05, 3.63) is 17.7 Å². The molecule has 0 unspecified atom stereocenters. The average molecular weight is 279 g/mol. The molecule has 0 N–H and O–H groups in total. The van der Waals surface area contributed by atoms with Crippen molar-refractivity contribution in [3.8, 4) is 11.5 Å². The number of methoxy groups -OCH3 is 2. The lowest BCUT2D eigenvalue weighted by Crippen LogP contribution is -2.03. The van der Waals surface area contributed by atoms with Crippen LogP contribution in [0.2, 0.25) is 0 Å². The maximum atomic E-state index is 11.4. The molecule has 0 saturated carbocycles. The fraction of sp³-hybridized carbons (Fsp3) is 0.300. The van der Waals surface area contributed by atoms with Crippen molar-refractivity contribution >= 4 is 25.5 Å². The topological polar surface area (TPSA) is 69.7 Å². The van der Waals surface area contributed by atoms with Crippen LogP contribution >= 0.6 is 10.7 Å². The SMILES string of the molecule is COc1cc(C(C)=O)cc(S(=O)(=O)Cl)c1OC. The van der Waals surface area contributed by atoms with Crippen LogP contribution in [0.15, 0.2) is 17.0 Å². The zero-order valence-electron chi connectivity index (χ0n) is 9.48. The summed E-state index contributed by atoms with van der Waals surface area (Å²) < 4.78 is 32.6. The Balaban J connectivity index is 3.66. The third-order valence-corrected chi connectivity index (χ3v) is 3.44. The number of rotatable bonds is 4. The Hall–Kier alpha value is -1.27. The molecule has 0 spiro atoms. The molecule has 7 heteroatoms. The first-order chi connectivity index (χ1) is 7.81. The maximum Gasteiger partial charge on any atom is 0.265 e. The highest BCUT2D eigenvalue weighted by atomic mass is 35.7. The lowest BCUT2D eigenvalue weighted by Gasteiger charge is -2.12. The molecular weight excluding hydrogens is 268 g/mol. The molecule has 0 aromatic heterocycles. The van der Waals surface area contributed by atoms with Gasteiger partial charge in [0.1, 0.15) is 4.90 Å². The molecule has 0 amide bonds. The molecular formula is C10H11ClO5S. The van der Waals surface area contributed by atoms with Crippen LogP contribution in [0.5, 0.6) is 11.5 Å². The largest absolute Gasteiger partial charge is 0.493 e. The van der Waals surface area contributed by atoms with Crippen LogP contribution in [0.4, 0.5) is 0 Å². The van der Waals surface area contributed by atoms with E-state index in [4.69, 9.17) is 20.2 Å². The van der Waals surface area contributed by atoms with Gasteiger partial charge in [0, 0.05) is 16.2 Å². The lowest BCUT2D eigenvalue weighted by molar-refractivity contribution is 0.101. The molecule has 0 radical (unpaired) electrons. The Kier molecular flexibility index (Phi) is 4.00. The van der Waals surface area contributed by atoms with Gasteiger partial charge in [-0.2, -0.15) is 0 Å². The van der Waals surface area contributed by atoms with E-state index in [-0.39, 0.29) is 27.7 Å². The second-order valence-corrected chi connectivity index (χ2v) is 5.74. The van der Waals surface area contributed by atoms with Crippen molar-refractivity contribution in [2.24, 2.45) is 0 Å². The molecule has 1 rings (SSSR count). The third-order valence-electron chi connectivity index (χ3n) is 2.11. The van der Waals surface area contributed by atoms with Gasteiger partial charge < -0.3 is 9.47 Å². The quantitative estimate of drug-likeness (QED) is 0.621. The van der Waals surface area contributed by atoms with E-state index >= 15 is 0 Å². The highest BCUT2D eigenvalue weighted by Gasteiger charge is 2.22. The molecule has 0 heterocycles. The van der Waals surface area contributed by atoms with Crippen molar-refractivity contribution in [2.75, 3.05) is 14.2 Å². The first-order valence-corrected chi connectivity index (χ1v) is 6.83. The first-order valence-electron chi connectivity index (χ1n) is 4.53.